The van der Waals surface area contributed by atoms with Gasteiger partial charge in [0.25, 0.3) is 0 Å². The first kappa shape index (κ1) is 11.3. The van der Waals surface area contributed by atoms with Gasteiger partial charge >= 0.3 is 6.18 Å². The van der Waals surface area contributed by atoms with E-state index in [1.165, 1.54) is 6.20 Å². The summed E-state index contributed by atoms with van der Waals surface area (Å²) >= 11 is 5.76. The Morgan fingerprint density at radius 2 is 2.14 bits per heavy atom. The summed E-state index contributed by atoms with van der Waals surface area (Å²) in [4.78, 5) is 3.64. The second kappa shape index (κ2) is 4.17. The summed E-state index contributed by atoms with van der Waals surface area (Å²) < 4.78 is 37.4. The van der Waals surface area contributed by atoms with E-state index >= 15 is 0 Å². The van der Waals surface area contributed by atoms with E-state index < -0.39 is 17.1 Å². The van der Waals surface area contributed by atoms with Crippen molar-refractivity contribution >= 4 is 11.6 Å². The van der Waals surface area contributed by atoms with Crippen molar-refractivity contribution in [3.8, 4) is 0 Å². The molecule has 1 unspecified atom stereocenters. The number of hydrogen-bond donors (Lipinski definition) is 0. The second-order valence-electron chi connectivity index (χ2n) is 2.84. The van der Waals surface area contributed by atoms with E-state index in [-0.39, 0.29) is 5.56 Å². The highest BCUT2D eigenvalue weighted by Crippen LogP contribution is 2.36. The SMILES string of the molecule is CCC(Cl)c1cnccc1C(F)(F)F. The highest BCUT2D eigenvalue weighted by Gasteiger charge is 2.34. The van der Waals surface area contributed by atoms with Crippen LogP contribution in [0.1, 0.15) is 29.8 Å². The number of hydrogen-bond acceptors (Lipinski definition) is 1. The molecular formula is C9H9ClF3N. The largest absolute Gasteiger partial charge is 0.416 e. The number of halogens is 4. The standard InChI is InChI=1S/C9H9ClF3N/c1-2-8(10)6-5-14-4-3-7(6)9(11,12)13/h3-5,8H,2H2,1H3. The van der Waals surface area contributed by atoms with Gasteiger partial charge in [-0.2, -0.15) is 13.2 Å². The van der Waals surface area contributed by atoms with Gasteiger partial charge in [0.1, 0.15) is 0 Å². The molecule has 1 heterocycles. The van der Waals surface area contributed by atoms with Gasteiger partial charge in [-0.3, -0.25) is 4.98 Å². The van der Waals surface area contributed by atoms with Crippen LogP contribution in [0.25, 0.3) is 0 Å². The Hall–Kier alpha value is -0.770. The van der Waals surface area contributed by atoms with Crippen molar-refractivity contribution in [1.29, 1.82) is 0 Å². The highest BCUT2D eigenvalue weighted by atomic mass is 35.5. The van der Waals surface area contributed by atoms with Crippen molar-refractivity contribution < 1.29 is 13.2 Å². The number of rotatable bonds is 2. The summed E-state index contributed by atoms with van der Waals surface area (Å²) in [5, 5.41) is -0.639. The third kappa shape index (κ3) is 2.38. The Labute approximate surface area is 84.9 Å². The molecule has 1 aromatic heterocycles. The summed E-state index contributed by atoms with van der Waals surface area (Å²) in [5.41, 5.74) is -0.654. The number of alkyl halides is 4. The van der Waals surface area contributed by atoms with E-state index in [1.807, 2.05) is 0 Å². The van der Waals surface area contributed by atoms with Crippen LogP contribution in [-0.4, -0.2) is 4.98 Å². The van der Waals surface area contributed by atoms with Crippen molar-refractivity contribution in [1.82, 2.24) is 4.98 Å². The van der Waals surface area contributed by atoms with Gasteiger partial charge in [0.2, 0.25) is 0 Å². The molecular weight excluding hydrogens is 215 g/mol. The van der Waals surface area contributed by atoms with Gasteiger partial charge in [0, 0.05) is 18.0 Å². The van der Waals surface area contributed by atoms with E-state index in [4.69, 9.17) is 11.6 Å². The Balaban J connectivity index is 3.16. The van der Waals surface area contributed by atoms with Crippen LogP contribution in [0.4, 0.5) is 13.2 Å². The molecule has 0 amide bonds. The Bertz CT molecular complexity index is 311. The van der Waals surface area contributed by atoms with E-state index in [9.17, 15) is 13.2 Å². The number of nitrogens with zero attached hydrogens (tertiary/aromatic N) is 1. The molecule has 1 aromatic rings. The average molecular weight is 224 g/mol. The molecule has 0 bridgehead atoms. The molecule has 0 aliphatic heterocycles. The van der Waals surface area contributed by atoms with Crippen molar-refractivity contribution in [2.75, 3.05) is 0 Å². The van der Waals surface area contributed by atoms with Crippen LogP contribution in [0.2, 0.25) is 0 Å². The second-order valence-corrected chi connectivity index (χ2v) is 3.36. The molecule has 0 radical (unpaired) electrons. The van der Waals surface area contributed by atoms with Gasteiger partial charge in [0.05, 0.1) is 10.9 Å². The zero-order valence-electron chi connectivity index (χ0n) is 7.48. The highest BCUT2D eigenvalue weighted by molar-refractivity contribution is 6.20. The summed E-state index contributed by atoms with van der Waals surface area (Å²) in [6.07, 6.45) is -1.63. The predicted octanol–water partition coefficient (Wildman–Crippen LogP) is 3.79. The molecule has 0 aliphatic rings. The molecule has 0 spiro atoms. The maximum absolute atomic E-state index is 12.5. The summed E-state index contributed by atoms with van der Waals surface area (Å²) in [6, 6.07) is 0.945. The molecule has 1 rings (SSSR count). The molecule has 78 valence electrons. The van der Waals surface area contributed by atoms with Crippen LogP contribution >= 0.6 is 11.6 Å². The minimum Gasteiger partial charge on any atom is -0.264 e. The van der Waals surface area contributed by atoms with Gasteiger partial charge in [-0.05, 0) is 12.5 Å². The minimum atomic E-state index is -4.36. The molecule has 5 heteroatoms. The van der Waals surface area contributed by atoms with Gasteiger partial charge < -0.3 is 0 Å². The molecule has 0 aliphatic carbocycles. The summed E-state index contributed by atoms with van der Waals surface area (Å²) in [7, 11) is 0. The van der Waals surface area contributed by atoms with Gasteiger partial charge in [0.15, 0.2) is 0 Å². The molecule has 0 N–H and O–H groups in total. The van der Waals surface area contributed by atoms with Crippen molar-refractivity contribution in [2.45, 2.75) is 24.9 Å². The third-order valence-corrected chi connectivity index (χ3v) is 2.40. The zero-order chi connectivity index (χ0) is 10.8. The van der Waals surface area contributed by atoms with Crippen molar-refractivity contribution in [3.63, 3.8) is 0 Å². The normalized spacial score (nSPS) is 14.1. The monoisotopic (exact) mass is 223 g/mol. The van der Waals surface area contributed by atoms with E-state index in [0.29, 0.717) is 6.42 Å². The maximum atomic E-state index is 12.5. The Kier molecular flexibility index (Phi) is 3.37. The van der Waals surface area contributed by atoms with E-state index in [2.05, 4.69) is 4.98 Å². The summed E-state index contributed by atoms with van der Waals surface area (Å²) in [5.74, 6) is 0. The molecule has 1 atom stereocenters. The van der Waals surface area contributed by atoms with Crippen LogP contribution in [0.5, 0.6) is 0 Å². The molecule has 0 aromatic carbocycles. The molecule has 0 saturated heterocycles. The van der Waals surface area contributed by atoms with Gasteiger partial charge in [-0.15, -0.1) is 11.6 Å². The molecule has 14 heavy (non-hydrogen) atoms. The summed E-state index contributed by atoms with van der Waals surface area (Å²) in [6.45, 7) is 1.73. The average Bonchev–Trinajstić information content (AvgIpc) is 2.15. The fraction of sp³-hybridized carbons (Fsp3) is 0.444. The van der Waals surface area contributed by atoms with Crippen LogP contribution in [-0.2, 0) is 6.18 Å². The van der Waals surface area contributed by atoms with Gasteiger partial charge in [-0.25, -0.2) is 0 Å². The lowest BCUT2D eigenvalue weighted by molar-refractivity contribution is -0.138. The molecule has 0 fully saturated rings. The topological polar surface area (TPSA) is 12.9 Å². The fourth-order valence-corrected chi connectivity index (χ4v) is 1.31. The third-order valence-electron chi connectivity index (χ3n) is 1.85. The van der Waals surface area contributed by atoms with Crippen LogP contribution in [0.15, 0.2) is 18.5 Å². The predicted molar refractivity (Wildman–Crippen MR) is 48.1 cm³/mol. The minimum absolute atomic E-state index is 0.0455. The Morgan fingerprint density at radius 1 is 1.50 bits per heavy atom. The Morgan fingerprint density at radius 3 is 2.64 bits per heavy atom. The number of pyridine rings is 1. The van der Waals surface area contributed by atoms with Crippen LogP contribution in [0, 0.1) is 0 Å². The smallest absolute Gasteiger partial charge is 0.264 e. The van der Waals surface area contributed by atoms with Crippen LogP contribution < -0.4 is 0 Å². The first-order valence-electron chi connectivity index (χ1n) is 4.12. The van der Waals surface area contributed by atoms with Gasteiger partial charge in [-0.1, -0.05) is 6.92 Å². The number of aromatic nitrogens is 1. The first-order valence-corrected chi connectivity index (χ1v) is 4.55. The van der Waals surface area contributed by atoms with Crippen molar-refractivity contribution in [2.24, 2.45) is 0 Å². The lowest BCUT2D eigenvalue weighted by Gasteiger charge is -2.14. The molecule has 0 saturated carbocycles. The van der Waals surface area contributed by atoms with E-state index in [1.54, 1.807) is 6.92 Å². The zero-order valence-corrected chi connectivity index (χ0v) is 8.23. The van der Waals surface area contributed by atoms with Crippen molar-refractivity contribution in [3.05, 3.63) is 29.6 Å². The van der Waals surface area contributed by atoms with E-state index in [0.717, 1.165) is 12.3 Å². The maximum Gasteiger partial charge on any atom is 0.416 e. The lowest BCUT2D eigenvalue weighted by Crippen LogP contribution is -2.10. The lowest BCUT2D eigenvalue weighted by atomic mass is 10.1. The first-order chi connectivity index (χ1) is 6.46. The van der Waals surface area contributed by atoms with Crippen LogP contribution in [0.3, 0.4) is 0 Å². The quantitative estimate of drug-likeness (QED) is 0.695. The molecule has 1 nitrogen and oxygen atoms in total. The fourth-order valence-electron chi connectivity index (χ4n) is 1.13.